The number of benzene rings is 2. The third-order valence-corrected chi connectivity index (χ3v) is 4.74. The summed E-state index contributed by atoms with van der Waals surface area (Å²) in [5.74, 6) is -0.969. The van der Waals surface area contributed by atoms with Crippen LogP contribution in [0.1, 0.15) is 35.7 Å². The van der Waals surface area contributed by atoms with Crippen LogP contribution in [0.25, 0.3) is 28.1 Å². The van der Waals surface area contributed by atoms with Crippen molar-refractivity contribution in [3.05, 3.63) is 83.3 Å². The molecule has 0 atom stereocenters. The maximum Gasteiger partial charge on any atom is 0.328 e. The van der Waals surface area contributed by atoms with Gasteiger partial charge in [-0.25, -0.2) is 4.79 Å². The Bertz CT molecular complexity index is 1200. The van der Waals surface area contributed by atoms with Gasteiger partial charge in [-0.2, -0.15) is 5.10 Å². The van der Waals surface area contributed by atoms with Crippen molar-refractivity contribution in [3.63, 3.8) is 0 Å². The SMILES string of the molecule is CC/C(=C(/c1ccc(/C=C/C(=O)O)cc1)c1ccc2[nH]ncc2c1)c1cnn[nH]1. The van der Waals surface area contributed by atoms with Crippen molar-refractivity contribution >= 4 is 34.1 Å². The predicted octanol–water partition coefficient (Wildman–Crippen LogP) is 4.15. The number of H-pyrrole nitrogens is 2. The van der Waals surface area contributed by atoms with Crippen LogP contribution in [-0.2, 0) is 4.79 Å². The number of aromatic nitrogens is 5. The Labute approximate surface area is 166 Å². The van der Waals surface area contributed by atoms with Crippen molar-refractivity contribution in [3.8, 4) is 0 Å². The molecular formula is C22H19N5O2. The molecule has 144 valence electrons. The Morgan fingerprint density at radius 2 is 1.86 bits per heavy atom. The van der Waals surface area contributed by atoms with Gasteiger partial charge in [0.15, 0.2) is 0 Å². The van der Waals surface area contributed by atoms with E-state index in [0.717, 1.165) is 56.9 Å². The molecule has 0 bridgehead atoms. The summed E-state index contributed by atoms with van der Waals surface area (Å²) in [5, 5.41) is 27.7. The topological polar surface area (TPSA) is 108 Å². The first-order valence-electron chi connectivity index (χ1n) is 9.20. The second-order valence-corrected chi connectivity index (χ2v) is 6.54. The van der Waals surface area contributed by atoms with Gasteiger partial charge in [0.25, 0.3) is 0 Å². The molecule has 0 radical (unpaired) electrons. The van der Waals surface area contributed by atoms with E-state index in [4.69, 9.17) is 5.11 Å². The number of aliphatic carboxylic acids is 1. The van der Waals surface area contributed by atoms with E-state index in [0.29, 0.717) is 0 Å². The van der Waals surface area contributed by atoms with Gasteiger partial charge in [0, 0.05) is 11.5 Å². The van der Waals surface area contributed by atoms with Gasteiger partial charge < -0.3 is 5.11 Å². The van der Waals surface area contributed by atoms with E-state index < -0.39 is 5.97 Å². The minimum absolute atomic E-state index is 0.781. The van der Waals surface area contributed by atoms with Crippen LogP contribution in [0, 0.1) is 0 Å². The third-order valence-electron chi connectivity index (χ3n) is 4.74. The van der Waals surface area contributed by atoms with Crippen LogP contribution < -0.4 is 0 Å². The van der Waals surface area contributed by atoms with Crippen LogP contribution in [0.5, 0.6) is 0 Å². The fourth-order valence-corrected chi connectivity index (χ4v) is 3.39. The average molecular weight is 385 g/mol. The molecule has 7 heteroatoms. The Balaban J connectivity index is 1.87. The first kappa shape index (κ1) is 18.4. The number of rotatable bonds is 6. The first-order chi connectivity index (χ1) is 14.2. The maximum absolute atomic E-state index is 10.8. The predicted molar refractivity (Wildman–Crippen MR) is 112 cm³/mol. The van der Waals surface area contributed by atoms with Crippen molar-refractivity contribution < 1.29 is 9.90 Å². The molecule has 0 saturated heterocycles. The summed E-state index contributed by atoms with van der Waals surface area (Å²) in [6, 6.07) is 14.0. The lowest BCUT2D eigenvalue weighted by Gasteiger charge is -2.15. The molecule has 2 aromatic heterocycles. The van der Waals surface area contributed by atoms with Gasteiger partial charge in [0.2, 0.25) is 0 Å². The zero-order chi connectivity index (χ0) is 20.2. The Morgan fingerprint density at radius 3 is 2.55 bits per heavy atom. The molecule has 7 nitrogen and oxygen atoms in total. The van der Waals surface area contributed by atoms with Gasteiger partial charge in [-0.3, -0.25) is 10.2 Å². The van der Waals surface area contributed by atoms with E-state index in [1.54, 1.807) is 18.5 Å². The maximum atomic E-state index is 10.8. The van der Waals surface area contributed by atoms with Crippen molar-refractivity contribution in [2.45, 2.75) is 13.3 Å². The molecule has 3 N–H and O–H groups in total. The van der Waals surface area contributed by atoms with Gasteiger partial charge in [-0.05, 0) is 52.5 Å². The number of carboxylic acid groups (broad SMARTS) is 1. The van der Waals surface area contributed by atoms with Gasteiger partial charge in [-0.15, -0.1) is 5.10 Å². The molecule has 0 saturated carbocycles. The number of nitrogens with one attached hydrogen (secondary N) is 2. The van der Waals surface area contributed by atoms with Crippen LogP contribution in [-0.4, -0.2) is 36.7 Å². The molecular weight excluding hydrogens is 366 g/mol. The summed E-state index contributed by atoms with van der Waals surface area (Å²) in [7, 11) is 0. The molecule has 2 heterocycles. The van der Waals surface area contributed by atoms with E-state index in [1.807, 2.05) is 30.3 Å². The van der Waals surface area contributed by atoms with Crippen molar-refractivity contribution in [1.82, 2.24) is 25.6 Å². The van der Waals surface area contributed by atoms with Gasteiger partial charge in [-0.1, -0.05) is 42.5 Å². The fraction of sp³-hybridized carbons (Fsp3) is 0.0909. The molecule has 4 rings (SSSR count). The number of carboxylic acids is 1. The number of nitrogens with zero attached hydrogens (tertiary/aromatic N) is 3. The lowest BCUT2D eigenvalue weighted by Crippen LogP contribution is -1.96. The Kier molecular flexibility index (Phi) is 5.03. The van der Waals surface area contributed by atoms with Gasteiger partial charge in [0.05, 0.1) is 23.6 Å². The van der Waals surface area contributed by atoms with E-state index in [2.05, 4.69) is 44.7 Å². The van der Waals surface area contributed by atoms with Crippen LogP contribution in [0.4, 0.5) is 0 Å². The second kappa shape index (κ2) is 7.93. The van der Waals surface area contributed by atoms with Gasteiger partial charge in [0.1, 0.15) is 0 Å². The summed E-state index contributed by atoms with van der Waals surface area (Å²) >= 11 is 0. The lowest BCUT2D eigenvalue weighted by molar-refractivity contribution is -0.131. The first-order valence-corrected chi connectivity index (χ1v) is 9.20. The normalized spacial score (nSPS) is 12.4. The molecule has 4 aromatic rings. The van der Waals surface area contributed by atoms with E-state index in [9.17, 15) is 4.79 Å². The average Bonchev–Trinajstić information content (AvgIpc) is 3.42. The quantitative estimate of drug-likeness (QED) is 0.432. The number of carbonyl (C=O) groups is 1. The molecule has 0 aliphatic heterocycles. The number of allylic oxidation sites excluding steroid dienone is 1. The van der Waals surface area contributed by atoms with Crippen molar-refractivity contribution in [2.75, 3.05) is 0 Å². The standard InChI is InChI=1S/C22H19N5O2/c1-2-18(20-13-24-27-26-20)22(16-8-9-19-17(11-16)12-23-25-19)15-6-3-14(4-7-15)5-10-21(28)29/h3-13H,2H2,1H3,(H,23,25)(H,28,29)(H,24,26,27)/b10-5+,22-18+. The highest BCUT2D eigenvalue weighted by Crippen LogP contribution is 2.34. The molecule has 2 aromatic carbocycles. The highest BCUT2D eigenvalue weighted by Gasteiger charge is 2.15. The van der Waals surface area contributed by atoms with E-state index in [-0.39, 0.29) is 0 Å². The minimum atomic E-state index is -0.969. The van der Waals surface area contributed by atoms with Crippen LogP contribution >= 0.6 is 0 Å². The summed E-state index contributed by atoms with van der Waals surface area (Å²) in [5.41, 5.74) is 6.89. The van der Waals surface area contributed by atoms with Crippen molar-refractivity contribution in [2.24, 2.45) is 0 Å². The summed E-state index contributed by atoms with van der Waals surface area (Å²) < 4.78 is 0. The zero-order valence-electron chi connectivity index (χ0n) is 15.8. The van der Waals surface area contributed by atoms with Gasteiger partial charge >= 0.3 is 5.97 Å². The Hall–Kier alpha value is -4.00. The molecule has 0 spiro atoms. The highest BCUT2D eigenvalue weighted by molar-refractivity contribution is 5.99. The van der Waals surface area contributed by atoms with Crippen molar-refractivity contribution in [1.29, 1.82) is 0 Å². The largest absolute Gasteiger partial charge is 0.478 e. The highest BCUT2D eigenvalue weighted by atomic mass is 16.4. The minimum Gasteiger partial charge on any atom is -0.478 e. The summed E-state index contributed by atoms with van der Waals surface area (Å²) in [4.78, 5) is 10.8. The van der Waals surface area contributed by atoms with Crippen LogP contribution in [0.3, 0.4) is 0 Å². The number of hydrogen-bond acceptors (Lipinski definition) is 4. The van der Waals surface area contributed by atoms with E-state index >= 15 is 0 Å². The molecule has 0 amide bonds. The molecule has 0 fully saturated rings. The summed E-state index contributed by atoms with van der Waals surface area (Å²) in [6.07, 6.45) is 7.01. The zero-order valence-corrected chi connectivity index (χ0v) is 15.8. The second-order valence-electron chi connectivity index (χ2n) is 6.54. The number of aromatic amines is 2. The number of hydrogen-bond donors (Lipinski definition) is 3. The van der Waals surface area contributed by atoms with Crippen LogP contribution in [0.15, 0.2) is 60.9 Å². The molecule has 0 aliphatic rings. The fourth-order valence-electron chi connectivity index (χ4n) is 3.39. The monoisotopic (exact) mass is 385 g/mol. The third kappa shape index (κ3) is 3.84. The van der Waals surface area contributed by atoms with E-state index in [1.165, 1.54) is 0 Å². The molecule has 29 heavy (non-hydrogen) atoms. The molecule has 0 unspecified atom stereocenters. The van der Waals surface area contributed by atoms with Crippen LogP contribution in [0.2, 0.25) is 0 Å². The summed E-state index contributed by atoms with van der Waals surface area (Å²) in [6.45, 7) is 2.09. The number of fused-ring (bicyclic) bond motifs is 1. The Morgan fingerprint density at radius 1 is 1.07 bits per heavy atom. The smallest absolute Gasteiger partial charge is 0.328 e. The lowest BCUT2D eigenvalue weighted by atomic mass is 9.89. The molecule has 0 aliphatic carbocycles.